The first-order valence-electron chi connectivity index (χ1n) is 6.54. The third kappa shape index (κ3) is 3.13. The molecule has 0 aromatic carbocycles. The van der Waals surface area contributed by atoms with E-state index >= 15 is 0 Å². The normalized spacial score (nSPS) is 20.4. The van der Waals surface area contributed by atoms with Crippen molar-refractivity contribution in [3.8, 4) is 0 Å². The third-order valence-electron chi connectivity index (χ3n) is 3.36. The molecule has 108 valence electrons. The average Bonchev–Trinajstić information content (AvgIpc) is 2.66. The highest BCUT2D eigenvalue weighted by Crippen LogP contribution is 2.29. The van der Waals surface area contributed by atoms with E-state index in [2.05, 4.69) is 16.2 Å². The molecule has 5 nitrogen and oxygen atoms in total. The van der Waals surface area contributed by atoms with Gasteiger partial charge in [0.1, 0.15) is 0 Å². The van der Waals surface area contributed by atoms with Crippen molar-refractivity contribution >= 4 is 23.9 Å². The molecule has 6 heteroatoms. The summed E-state index contributed by atoms with van der Waals surface area (Å²) < 4.78 is 4.17. The Labute approximate surface area is 123 Å². The summed E-state index contributed by atoms with van der Waals surface area (Å²) in [6.45, 7) is 5.76. The minimum Gasteiger partial charge on any atom is -0.405 e. The average molecular weight is 292 g/mol. The summed E-state index contributed by atoms with van der Waals surface area (Å²) in [6, 6.07) is 2.18. The Kier molecular flexibility index (Phi) is 4.67. The summed E-state index contributed by atoms with van der Waals surface area (Å²) >= 11 is 1.67. The van der Waals surface area contributed by atoms with Crippen LogP contribution in [0.25, 0.3) is 0 Å². The smallest absolute Gasteiger partial charge is 0.166 e. The summed E-state index contributed by atoms with van der Waals surface area (Å²) in [7, 11) is 1.91. The molecule has 1 aliphatic rings. The van der Waals surface area contributed by atoms with E-state index in [9.17, 15) is 4.79 Å². The lowest BCUT2D eigenvalue weighted by molar-refractivity contribution is 0.111. The van der Waals surface area contributed by atoms with Gasteiger partial charge in [-0.15, -0.1) is 0 Å². The molecule has 20 heavy (non-hydrogen) atoms. The fraction of sp³-hybridized carbons (Fsp3) is 0.429. The maximum absolute atomic E-state index is 11.0. The van der Waals surface area contributed by atoms with Crippen LogP contribution >= 0.6 is 11.9 Å². The molecule has 0 saturated carbocycles. The zero-order chi connectivity index (χ0) is 14.7. The largest absolute Gasteiger partial charge is 0.405 e. The monoisotopic (exact) mass is 292 g/mol. The molecule has 2 rings (SSSR count). The second kappa shape index (κ2) is 6.28. The van der Waals surface area contributed by atoms with Crippen molar-refractivity contribution in [2.24, 2.45) is 17.8 Å². The SMILES string of the molecule is Cc1c(SN2CC(/C=C\N)=NC(C)C2)cc(C=O)n1C. The van der Waals surface area contributed by atoms with Gasteiger partial charge in [-0.2, -0.15) is 0 Å². The van der Waals surface area contributed by atoms with Crippen molar-refractivity contribution < 1.29 is 4.79 Å². The van der Waals surface area contributed by atoms with Gasteiger partial charge >= 0.3 is 0 Å². The molecule has 1 unspecified atom stereocenters. The number of aldehydes is 1. The Morgan fingerprint density at radius 1 is 1.55 bits per heavy atom. The lowest BCUT2D eigenvalue weighted by atomic mass is 10.2. The molecule has 1 atom stereocenters. The van der Waals surface area contributed by atoms with Gasteiger partial charge in [-0.3, -0.25) is 9.79 Å². The van der Waals surface area contributed by atoms with E-state index in [1.54, 1.807) is 11.9 Å². The molecule has 0 spiro atoms. The number of nitrogens with zero attached hydrogens (tertiary/aromatic N) is 3. The van der Waals surface area contributed by atoms with E-state index in [4.69, 9.17) is 5.73 Å². The highest BCUT2D eigenvalue weighted by molar-refractivity contribution is 7.97. The van der Waals surface area contributed by atoms with E-state index in [0.717, 1.165) is 35.7 Å². The van der Waals surface area contributed by atoms with Gasteiger partial charge < -0.3 is 10.3 Å². The van der Waals surface area contributed by atoms with Crippen LogP contribution in [0.4, 0.5) is 0 Å². The summed E-state index contributed by atoms with van der Waals surface area (Å²) in [4.78, 5) is 16.7. The molecule has 0 fully saturated rings. The zero-order valence-corrected chi connectivity index (χ0v) is 12.9. The first kappa shape index (κ1) is 14.9. The topological polar surface area (TPSA) is 63.6 Å². The molecular formula is C14H20N4OS. The Morgan fingerprint density at radius 3 is 2.90 bits per heavy atom. The minimum absolute atomic E-state index is 0.247. The Bertz CT molecular complexity index is 562. The van der Waals surface area contributed by atoms with Crippen LogP contribution in [0.5, 0.6) is 0 Å². The first-order valence-corrected chi connectivity index (χ1v) is 7.32. The molecule has 1 aromatic rings. The summed E-state index contributed by atoms with van der Waals surface area (Å²) in [5, 5.41) is 0. The number of carbonyl (C=O) groups is 1. The van der Waals surface area contributed by atoms with Crippen LogP contribution in [0.15, 0.2) is 28.2 Å². The van der Waals surface area contributed by atoms with Crippen molar-refractivity contribution in [3.63, 3.8) is 0 Å². The van der Waals surface area contributed by atoms with Crippen LogP contribution in [0.1, 0.15) is 23.1 Å². The van der Waals surface area contributed by atoms with Crippen LogP contribution < -0.4 is 5.73 Å². The number of hydrogen-bond acceptors (Lipinski definition) is 5. The number of aliphatic imine (C=N–C) groups is 1. The van der Waals surface area contributed by atoms with Crippen LogP contribution in [0.2, 0.25) is 0 Å². The highest BCUT2D eigenvalue weighted by Gasteiger charge is 2.20. The van der Waals surface area contributed by atoms with E-state index in [1.165, 1.54) is 6.20 Å². The van der Waals surface area contributed by atoms with Gasteiger partial charge in [-0.05, 0) is 44.1 Å². The van der Waals surface area contributed by atoms with Crippen LogP contribution in [-0.2, 0) is 7.05 Å². The quantitative estimate of drug-likeness (QED) is 0.678. The van der Waals surface area contributed by atoms with Gasteiger partial charge in [0, 0.05) is 24.2 Å². The Balaban J connectivity index is 2.15. The predicted octanol–water partition coefficient (Wildman–Crippen LogP) is 1.77. The second-order valence-electron chi connectivity index (χ2n) is 4.94. The molecule has 0 amide bonds. The predicted molar refractivity (Wildman–Crippen MR) is 83.2 cm³/mol. The van der Waals surface area contributed by atoms with E-state index in [-0.39, 0.29) is 6.04 Å². The summed E-state index contributed by atoms with van der Waals surface area (Å²) in [5.74, 6) is 0. The molecule has 2 heterocycles. The van der Waals surface area contributed by atoms with Crippen molar-refractivity contribution in [2.75, 3.05) is 13.1 Å². The number of nitrogens with two attached hydrogens (primary N) is 1. The van der Waals surface area contributed by atoms with Gasteiger partial charge in [-0.1, -0.05) is 0 Å². The molecule has 1 aromatic heterocycles. The highest BCUT2D eigenvalue weighted by atomic mass is 32.2. The molecule has 1 aliphatic heterocycles. The summed E-state index contributed by atoms with van der Waals surface area (Å²) in [5.41, 5.74) is 8.23. The van der Waals surface area contributed by atoms with Crippen molar-refractivity contribution in [2.45, 2.75) is 24.8 Å². The first-order chi connectivity index (χ1) is 9.55. The Morgan fingerprint density at radius 2 is 2.30 bits per heavy atom. The number of carbonyl (C=O) groups excluding carboxylic acids is 1. The standard InChI is InChI=1S/C14H20N4OS/c1-10-7-18(8-12(16-10)4-5-15)20-14-6-13(9-19)17(3)11(14)2/h4-6,9-10H,7-8,15H2,1-3H3/b5-4-. The lowest BCUT2D eigenvalue weighted by Crippen LogP contribution is -2.34. The van der Waals surface area contributed by atoms with Crippen LogP contribution in [-0.4, -0.2) is 40.0 Å². The summed E-state index contributed by atoms with van der Waals surface area (Å²) in [6.07, 6.45) is 4.26. The maximum Gasteiger partial charge on any atom is 0.166 e. The van der Waals surface area contributed by atoms with Gasteiger partial charge in [0.2, 0.25) is 0 Å². The fourth-order valence-electron chi connectivity index (χ4n) is 2.22. The van der Waals surface area contributed by atoms with Gasteiger partial charge in [0.15, 0.2) is 6.29 Å². The zero-order valence-electron chi connectivity index (χ0n) is 12.0. The van der Waals surface area contributed by atoms with Crippen molar-refractivity contribution in [3.05, 3.63) is 29.7 Å². The molecule has 0 aliphatic carbocycles. The lowest BCUT2D eigenvalue weighted by Gasteiger charge is -2.27. The number of aromatic nitrogens is 1. The molecular weight excluding hydrogens is 272 g/mol. The van der Waals surface area contributed by atoms with Gasteiger partial charge in [0.05, 0.1) is 24.0 Å². The van der Waals surface area contributed by atoms with Crippen LogP contribution in [0.3, 0.4) is 0 Å². The van der Waals surface area contributed by atoms with Gasteiger partial charge in [0.25, 0.3) is 0 Å². The Hall–Kier alpha value is -1.53. The van der Waals surface area contributed by atoms with Crippen molar-refractivity contribution in [1.29, 1.82) is 0 Å². The number of rotatable bonds is 4. The molecule has 0 bridgehead atoms. The van der Waals surface area contributed by atoms with Crippen LogP contribution in [0, 0.1) is 6.92 Å². The number of hydrogen-bond donors (Lipinski definition) is 1. The molecule has 0 radical (unpaired) electrons. The fourth-order valence-corrected chi connectivity index (χ4v) is 3.43. The third-order valence-corrected chi connectivity index (χ3v) is 4.50. The molecule has 2 N–H and O–H groups in total. The van der Waals surface area contributed by atoms with Crippen molar-refractivity contribution in [1.82, 2.24) is 8.87 Å². The van der Waals surface area contributed by atoms with E-state index in [1.807, 2.05) is 30.7 Å². The van der Waals surface area contributed by atoms with Gasteiger partial charge in [-0.25, -0.2) is 4.31 Å². The van der Waals surface area contributed by atoms with E-state index in [0.29, 0.717) is 5.69 Å². The maximum atomic E-state index is 11.0. The minimum atomic E-state index is 0.247. The molecule has 0 saturated heterocycles. The second-order valence-corrected chi connectivity index (χ2v) is 6.08. The van der Waals surface area contributed by atoms with E-state index < -0.39 is 0 Å².